The van der Waals surface area contributed by atoms with Crippen LogP contribution in [0.2, 0.25) is 0 Å². The molecule has 0 aromatic carbocycles. The molecular formula is C12H21N. The van der Waals surface area contributed by atoms with Crippen molar-refractivity contribution >= 4 is 0 Å². The van der Waals surface area contributed by atoms with Crippen LogP contribution in [0.3, 0.4) is 0 Å². The predicted molar refractivity (Wildman–Crippen MR) is 58.7 cm³/mol. The highest BCUT2D eigenvalue weighted by atomic mass is 15.1. The summed E-state index contributed by atoms with van der Waals surface area (Å²) in [6.45, 7) is 8.42. The molecule has 1 rings (SSSR count). The largest absolute Gasteiger partial charge is 0.306 e. The third-order valence-corrected chi connectivity index (χ3v) is 2.90. The zero-order valence-electron chi connectivity index (χ0n) is 8.87. The first kappa shape index (κ1) is 10.5. The summed E-state index contributed by atoms with van der Waals surface area (Å²) < 4.78 is 0. The first-order valence-corrected chi connectivity index (χ1v) is 5.18. The van der Waals surface area contributed by atoms with E-state index in [1.54, 1.807) is 0 Å². The van der Waals surface area contributed by atoms with Gasteiger partial charge in [-0.1, -0.05) is 18.2 Å². The quantitative estimate of drug-likeness (QED) is 0.600. The summed E-state index contributed by atoms with van der Waals surface area (Å²) in [6.07, 6.45) is 8.92. The van der Waals surface area contributed by atoms with E-state index in [1.807, 2.05) is 0 Å². The van der Waals surface area contributed by atoms with Crippen molar-refractivity contribution in [2.45, 2.75) is 19.8 Å². The van der Waals surface area contributed by atoms with E-state index >= 15 is 0 Å². The van der Waals surface area contributed by atoms with Crippen LogP contribution in [0.4, 0.5) is 0 Å². The number of hydrogen-bond acceptors (Lipinski definition) is 1. The van der Waals surface area contributed by atoms with E-state index in [-0.39, 0.29) is 0 Å². The number of allylic oxidation sites excluding steroid dienone is 3. The molecule has 0 bridgehead atoms. The van der Waals surface area contributed by atoms with Gasteiger partial charge >= 0.3 is 0 Å². The summed E-state index contributed by atoms with van der Waals surface area (Å²) in [4.78, 5) is 2.43. The zero-order valence-corrected chi connectivity index (χ0v) is 8.87. The van der Waals surface area contributed by atoms with E-state index in [0.29, 0.717) is 0 Å². The molecular weight excluding hydrogens is 158 g/mol. The average Bonchev–Trinajstić information content (AvgIpc) is 2.44. The molecule has 1 heterocycles. The first-order valence-electron chi connectivity index (χ1n) is 5.18. The topological polar surface area (TPSA) is 3.24 Å². The Morgan fingerprint density at radius 2 is 1.92 bits per heavy atom. The van der Waals surface area contributed by atoms with Crippen LogP contribution in [0.5, 0.6) is 0 Å². The molecule has 74 valence electrons. The lowest BCUT2D eigenvalue weighted by Gasteiger charge is -2.14. The molecule has 1 saturated heterocycles. The fourth-order valence-electron chi connectivity index (χ4n) is 2.23. The fourth-order valence-corrected chi connectivity index (χ4v) is 2.23. The molecule has 0 radical (unpaired) electrons. The van der Waals surface area contributed by atoms with Crippen molar-refractivity contribution in [2.75, 3.05) is 20.1 Å². The van der Waals surface area contributed by atoms with Gasteiger partial charge in [-0.2, -0.15) is 0 Å². The minimum Gasteiger partial charge on any atom is -0.306 e. The van der Waals surface area contributed by atoms with Crippen molar-refractivity contribution in [2.24, 2.45) is 11.8 Å². The molecule has 0 aliphatic carbocycles. The van der Waals surface area contributed by atoms with Crippen LogP contribution in [-0.4, -0.2) is 25.0 Å². The second-order valence-electron chi connectivity index (χ2n) is 4.07. The minimum atomic E-state index is 0.832. The normalized spacial score (nSPS) is 30.0. The Morgan fingerprint density at radius 1 is 1.31 bits per heavy atom. The SMILES string of the molecule is C=CCC1CN(C)CC1C/C=C\C. The Hall–Kier alpha value is -0.560. The van der Waals surface area contributed by atoms with Crippen LogP contribution < -0.4 is 0 Å². The van der Waals surface area contributed by atoms with Gasteiger partial charge in [0.1, 0.15) is 0 Å². The van der Waals surface area contributed by atoms with Gasteiger partial charge in [0.15, 0.2) is 0 Å². The number of nitrogens with zero attached hydrogens (tertiary/aromatic N) is 1. The average molecular weight is 179 g/mol. The summed E-state index contributed by atoms with van der Waals surface area (Å²) >= 11 is 0. The molecule has 0 aromatic heterocycles. The molecule has 1 heteroatoms. The van der Waals surface area contributed by atoms with Crippen LogP contribution in [0.1, 0.15) is 19.8 Å². The van der Waals surface area contributed by atoms with E-state index in [9.17, 15) is 0 Å². The van der Waals surface area contributed by atoms with E-state index in [0.717, 1.165) is 11.8 Å². The van der Waals surface area contributed by atoms with Crippen LogP contribution in [0.15, 0.2) is 24.8 Å². The highest BCUT2D eigenvalue weighted by Gasteiger charge is 2.28. The molecule has 2 atom stereocenters. The molecule has 2 unspecified atom stereocenters. The monoisotopic (exact) mass is 179 g/mol. The number of rotatable bonds is 4. The number of likely N-dealkylation sites (tertiary alicyclic amines) is 1. The maximum atomic E-state index is 3.83. The fraction of sp³-hybridized carbons (Fsp3) is 0.667. The lowest BCUT2D eigenvalue weighted by molar-refractivity contribution is 0.394. The van der Waals surface area contributed by atoms with Crippen molar-refractivity contribution in [1.29, 1.82) is 0 Å². The van der Waals surface area contributed by atoms with Crippen molar-refractivity contribution in [3.8, 4) is 0 Å². The molecule has 0 saturated carbocycles. The van der Waals surface area contributed by atoms with Gasteiger partial charge < -0.3 is 4.90 Å². The molecule has 0 aromatic rings. The highest BCUT2D eigenvalue weighted by Crippen LogP contribution is 2.28. The summed E-state index contributed by atoms with van der Waals surface area (Å²) in [5, 5.41) is 0. The molecule has 1 fully saturated rings. The predicted octanol–water partition coefficient (Wildman–Crippen LogP) is 2.71. The van der Waals surface area contributed by atoms with Gasteiger partial charge in [-0.3, -0.25) is 0 Å². The van der Waals surface area contributed by atoms with Gasteiger partial charge in [0.2, 0.25) is 0 Å². The van der Waals surface area contributed by atoms with E-state index in [2.05, 4.69) is 43.7 Å². The van der Waals surface area contributed by atoms with Gasteiger partial charge in [0, 0.05) is 13.1 Å². The Bertz CT molecular complexity index is 184. The van der Waals surface area contributed by atoms with Crippen molar-refractivity contribution in [1.82, 2.24) is 4.90 Å². The van der Waals surface area contributed by atoms with Crippen molar-refractivity contribution in [3.05, 3.63) is 24.8 Å². The van der Waals surface area contributed by atoms with E-state index < -0.39 is 0 Å². The molecule has 0 amide bonds. The summed E-state index contributed by atoms with van der Waals surface area (Å²) in [5.41, 5.74) is 0. The van der Waals surface area contributed by atoms with Crippen LogP contribution >= 0.6 is 0 Å². The maximum absolute atomic E-state index is 3.83. The van der Waals surface area contributed by atoms with Crippen LogP contribution in [-0.2, 0) is 0 Å². The Morgan fingerprint density at radius 3 is 2.46 bits per heavy atom. The van der Waals surface area contributed by atoms with Crippen molar-refractivity contribution < 1.29 is 0 Å². The summed E-state index contributed by atoms with van der Waals surface area (Å²) in [7, 11) is 2.21. The molecule has 0 spiro atoms. The molecule has 13 heavy (non-hydrogen) atoms. The first-order chi connectivity index (χ1) is 6.27. The lowest BCUT2D eigenvalue weighted by Crippen LogP contribution is -2.13. The maximum Gasteiger partial charge on any atom is 0.00129 e. The Labute approximate surface area is 82.1 Å². The van der Waals surface area contributed by atoms with Gasteiger partial charge in [-0.05, 0) is 38.6 Å². The second kappa shape index (κ2) is 5.23. The standard InChI is InChI=1S/C12H21N/c1-4-6-8-12-10-13(3)9-11(12)7-5-2/h4-6,11-12H,2,7-10H2,1,3H3/b6-4-. The lowest BCUT2D eigenvalue weighted by atomic mass is 9.90. The van der Waals surface area contributed by atoms with Gasteiger partial charge in [-0.25, -0.2) is 0 Å². The third kappa shape index (κ3) is 3.00. The summed E-state index contributed by atoms with van der Waals surface area (Å²) in [5.74, 6) is 1.68. The highest BCUT2D eigenvalue weighted by molar-refractivity contribution is 4.91. The molecule has 0 N–H and O–H groups in total. The van der Waals surface area contributed by atoms with Gasteiger partial charge in [0.25, 0.3) is 0 Å². The van der Waals surface area contributed by atoms with E-state index in [4.69, 9.17) is 0 Å². The minimum absolute atomic E-state index is 0.832. The number of hydrogen-bond donors (Lipinski definition) is 0. The second-order valence-corrected chi connectivity index (χ2v) is 4.07. The third-order valence-electron chi connectivity index (χ3n) is 2.90. The van der Waals surface area contributed by atoms with Crippen molar-refractivity contribution in [3.63, 3.8) is 0 Å². The molecule has 1 aliphatic heterocycles. The molecule has 1 aliphatic rings. The zero-order chi connectivity index (χ0) is 9.68. The smallest absolute Gasteiger partial charge is 0.00129 e. The van der Waals surface area contributed by atoms with Gasteiger partial charge in [0.05, 0.1) is 0 Å². The van der Waals surface area contributed by atoms with Gasteiger partial charge in [-0.15, -0.1) is 6.58 Å². The Balaban J connectivity index is 2.44. The summed E-state index contributed by atoms with van der Waals surface area (Å²) in [6, 6.07) is 0. The molecule has 1 nitrogen and oxygen atoms in total. The van der Waals surface area contributed by atoms with Crippen LogP contribution in [0, 0.1) is 11.8 Å². The Kier molecular flexibility index (Phi) is 4.23. The van der Waals surface area contributed by atoms with E-state index in [1.165, 1.54) is 25.9 Å². The van der Waals surface area contributed by atoms with Crippen LogP contribution in [0.25, 0.3) is 0 Å².